The SMILES string of the molecule is CCCC[N+](C)(CC(=O)N[C@H](C(=O)N(C)[C@H](C[C@@H](OC(C)=O)c1nc(C(=O)N[C@@H](Cc2ccccc2)C[C@H](C)C(=O)O)cs1)C(C)C)[C@@H](C)CC)Cc1ccc(O[C@@H]2O[C@H](C(=O)O)[C@@H](O)[C@H](O)[C@H]2O)c(NC(=O)CCNC(=O)[C@H](CN)N2C(=O)C=CC2=O)c1. The van der Waals surface area contributed by atoms with Crippen LogP contribution in [0.2, 0.25) is 0 Å². The number of thiazole rings is 1. The largest absolute Gasteiger partial charge is 0.481 e. The number of nitrogens with two attached hydrogens (primary N) is 1. The third kappa shape index (κ3) is 20.1. The Labute approximate surface area is 520 Å². The zero-order valence-electron chi connectivity index (χ0n) is 51.7. The van der Waals surface area contributed by atoms with Crippen LogP contribution in [0.3, 0.4) is 0 Å². The molecule has 0 spiro atoms. The predicted octanol–water partition coefficient (Wildman–Crippen LogP) is 2.02. The van der Waals surface area contributed by atoms with Gasteiger partial charge >= 0.3 is 17.9 Å². The van der Waals surface area contributed by atoms with Crippen LogP contribution in [-0.4, -0.2) is 199 Å². The number of aliphatic hydroxyl groups is 3. The molecule has 2 aromatic carbocycles. The summed E-state index contributed by atoms with van der Waals surface area (Å²) in [4.78, 5) is 138. The molecule has 89 heavy (non-hydrogen) atoms. The first-order valence-corrected chi connectivity index (χ1v) is 30.5. The van der Waals surface area contributed by atoms with Crippen molar-refractivity contribution in [3.05, 3.63) is 87.9 Å². The number of nitrogens with zero attached hydrogens (tertiary/aromatic N) is 4. The monoisotopic (exact) mass is 1260 g/mol. The van der Waals surface area contributed by atoms with Crippen LogP contribution in [-0.2, 0) is 65.6 Å². The van der Waals surface area contributed by atoms with Gasteiger partial charge in [0.25, 0.3) is 23.6 Å². The van der Waals surface area contributed by atoms with E-state index in [2.05, 4.69) is 26.3 Å². The van der Waals surface area contributed by atoms with Gasteiger partial charge in [-0.15, -0.1) is 11.3 Å². The molecule has 3 heterocycles. The van der Waals surface area contributed by atoms with Gasteiger partial charge in [-0.2, -0.15) is 0 Å². The fourth-order valence-corrected chi connectivity index (χ4v) is 11.4. The average molecular weight is 1270 g/mol. The number of ether oxygens (including phenoxy) is 3. The molecule has 0 bridgehead atoms. The number of benzene rings is 2. The number of hydrogen-bond acceptors (Lipinski definition) is 19. The second-order valence-corrected chi connectivity index (χ2v) is 24.2. The van der Waals surface area contributed by atoms with Gasteiger partial charge in [0.05, 0.1) is 25.2 Å². The van der Waals surface area contributed by atoms with Gasteiger partial charge in [-0.3, -0.25) is 48.1 Å². The highest BCUT2D eigenvalue weighted by molar-refractivity contribution is 7.09. The lowest BCUT2D eigenvalue weighted by molar-refractivity contribution is -0.915. The van der Waals surface area contributed by atoms with Gasteiger partial charge in [0.15, 0.2) is 18.8 Å². The van der Waals surface area contributed by atoms with Crippen LogP contribution < -0.4 is 31.7 Å². The third-order valence-electron chi connectivity index (χ3n) is 15.8. The number of carboxylic acids is 2. The second kappa shape index (κ2) is 33.2. The molecule has 0 aliphatic carbocycles. The molecule has 0 saturated carbocycles. The number of imide groups is 1. The van der Waals surface area contributed by atoms with E-state index in [1.165, 1.54) is 29.3 Å². The van der Waals surface area contributed by atoms with Gasteiger partial charge in [0, 0.05) is 75.1 Å². The molecule has 28 heteroatoms. The maximum atomic E-state index is 14.9. The molecular weight excluding hydrogens is 1180 g/mol. The number of aromatic nitrogens is 1. The van der Waals surface area contributed by atoms with Crippen molar-refractivity contribution in [3.63, 3.8) is 0 Å². The summed E-state index contributed by atoms with van der Waals surface area (Å²) in [5, 5.41) is 64.1. The molecule has 1 aromatic heterocycles. The summed E-state index contributed by atoms with van der Waals surface area (Å²) in [7, 11) is 3.45. The normalized spacial score (nSPS) is 20.4. The Hall–Kier alpha value is -7.73. The number of anilines is 1. The van der Waals surface area contributed by atoms with E-state index in [4.69, 9.17) is 19.9 Å². The van der Waals surface area contributed by atoms with Crippen LogP contribution in [0, 0.1) is 17.8 Å². The molecule has 1 fully saturated rings. The second-order valence-electron chi connectivity index (χ2n) is 23.3. The summed E-state index contributed by atoms with van der Waals surface area (Å²) in [6.45, 7) is 12.0. The molecular formula is C61H86N9O18S+. The topological polar surface area (TPSA) is 393 Å². The van der Waals surface area contributed by atoms with E-state index in [0.29, 0.717) is 41.3 Å². The maximum Gasteiger partial charge on any atom is 0.335 e. The lowest BCUT2D eigenvalue weighted by Gasteiger charge is -2.38. The number of aliphatic hydroxyl groups excluding tert-OH is 3. The number of carbonyl (C=O) groups is 10. The summed E-state index contributed by atoms with van der Waals surface area (Å²) in [5.74, 6) is -9.25. The van der Waals surface area contributed by atoms with Crippen LogP contribution >= 0.6 is 11.3 Å². The Morgan fingerprint density at radius 1 is 0.888 bits per heavy atom. The first kappa shape index (κ1) is 72.0. The van der Waals surface area contributed by atoms with Gasteiger partial charge in [-0.25, -0.2) is 9.78 Å². The lowest BCUT2D eigenvalue weighted by Crippen LogP contribution is -2.61. The maximum absolute atomic E-state index is 14.9. The van der Waals surface area contributed by atoms with Gasteiger partial charge < -0.3 is 76.1 Å². The van der Waals surface area contributed by atoms with Crippen LogP contribution in [0.4, 0.5) is 5.69 Å². The Kier molecular flexibility index (Phi) is 26.9. The molecule has 488 valence electrons. The van der Waals surface area contributed by atoms with Crippen molar-refractivity contribution in [3.8, 4) is 5.75 Å². The van der Waals surface area contributed by atoms with Crippen molar-refractivity contribution in [1.82, 2.24) is 30.7 Å². The summed E-state index contributed by atoms with van der Waals surface area (Å²) < 4.78 is 17.2. The Morgan fingerprint density at radius 2 is 1.56 bits per heavy atom. The number of quaternary nitrogens is 1. The van der Waals surface area contributed by atoms with E-state index in [1.807, 2.05) is 72.0 Å². The average Bonchev–Trinajstić information content (AvgIpc) is 4.25. The molecule has 1 saturated heterocycles. The molecule has 0 radical (unpaired) electrons. The van der Waals surface area contributed by atoms with Crippen molar-refractivity contribution in [1.29, 1.82) is 0 Å². The van der Waals surface area contributed by atoms with E-state index < -0.39 is 133 Å². The minimum atomic E-state index is -2.03. The van der Waals surface area contributed by atoms with E-state index in [-0.39, 0.29) is 72.3 Å². The van der Waals surface area contributed by atoms with E-state index in [9.17, 15) is 73.5 Å². The highest BCUT2D eigenvalue weighted by Gasteiger charge is 2.48. The fourth-order valence-electron chi connectivity index (χ4n) is 10.6. The van der Waals surface area contributed by atoms with Crippen LogP contribution in [0.15, 0.2) is 66.1 Å². The van der Waals surface area contributed by atoms with Crippen LogP contribution in [0.1, 0.15) is 120 Å². The molecule has 11 N–H and O–H groups in total. The van der Waals surface area contributed by atoms with E-state index in [1.54, 1.807) is 20.0 Å². The number of carbonyl (C=O) groups excluding carboxylic acids is 8. The zero-order chi connectivity index (χ0) is 66.0. The number of carboxylic acid groups (broad SMARTS) is 2. The molecule has 5 rings (SSSR count). The Morgan fingerprint density at radius 3 is 2.16 bits per heavy atom. The first-order valence-electron chi connectivity index (χ1n) is 29.7. The molecule has 13 atom stereocenters. The quantitative estimate of drug-likeness (QED) is 0.0232. The predicted molar refractivity (Wildman–Crippen MR) is 323 cm³/mol. The summed E-state index contributed by atoms with van der Waals surface area (Å²) >= 11 is 1.09. The highest BCUT2D eigenvalue weighted by Crippen LogP contribution is 2.34. The van der Waals surface area contributed by atoms with Crippen molar-refractivity contribution in [2.75, 3.05) is 45.6 Å². The number of nitrogens with one attached hydrogen (secondary N) is 4. The smallest absolute Gasteiger partial charge is 0.335 e. The van der Waals surface area contributed by atoms with Gasteiger partial charge in [0.1, 0.15) is 53.4 Å². The molecule has 7 amide bonds. The fraction of sp³-hybridized carbons (Fsp3) is 0.557. The molecule has 27 nitrogen and oxygen atoms in total. The van der Waals surface area contributed by atoms with Crippen molar-refractivity contribution in [2.24, 2.45) is 23.5 Å². The molecule has 2 aliphatic heterocycles. The summed E-state index contributed by atoms with van der Waals surface area (Å²) in [5.41, 5.74) is 7.14. The standard InChI is InChI=1S/C61H85N9O18S/c1-10-12-24-70(9,30-38-18-19-44(87-61-53(78)51(76)52(77)54(88-61)60(84)85)40(27-38)65-46(72)22-23-63-56(80)43(29-62)69-48(74)20-21-49(69)75)31-47(73)67-50(34(5)11-2)58(81)68(8)42(33(3)4)28-45(86-36(7)71)57-66-41(32-89-57)55(79)64-39(25-35(6)59(82)83)26-37-16-14-13-15-17-37/h13-21,27,32-35,39,42-43,45,50-54,61,76-78H,10-12,22-26,28-31,62H2,1-9H3,(H5-,63,64,65,67,72,73,79,80,82,83,84,85)/p+1/t34-,35-,39+,42+,43-,45+,50-,51-,52-,53+,54-,61+,70?/m0/s1. The van der Waals surface area contributed by atoms with Crippen LogP contribution in [0.25, 0.3) is 0 Å². The zero-order valence-corrected chi connectivity index (χ0v) is 52.5. The summed E-state index contributed by atoms with van der Waals surface area (Å²) in [6, 6.07) is 10.3. The van der Waals surface area contributed by atoms with Gasteiger partial charge in [-0.1, -0.05) is 84.7 Å². The molecule has 3 aromatic rings. The number of unbranched alkanes of at least 4 members (excludes halogenated alkanes) is 1. The number of likely N-dealkylation sites (N-methyl/N-ethyl adjacent to an activating group) is 2. The van der Waals surface area contributed by atoms with Gasteiger partial charge in [0.2, 0.25) is 24.0 Å². The number of rotatable bonds is 34. The molecule has 1 unspecified atom stereocenters. The minimum Gasteiger partial charge on any atom is -0.481 e. The van der Waals surface area contributed by atoms with Crippen molar-refractivity contribution >= 4 is 76.3 Å². The third-order valence-corrected chi connectivity index (χ3v) is 16.7. The Bertz CT molecular complexity index is 3000. The lowest BCUT2D eigenvalue weighted by atomic mass is 9.93. The van der Waals surface area contributed by atoms with E-state index in [0.717, 1.165) is 35.5 Å². The highest BCUT2D eigenvalue weighted by atomic mass is 32.1. The van der Waals surface area contributed by atoms with Gasteiger partial charge in [-0.05, 0) is 54.9 Å². The molecule has 2 aliphatic rings. The van der Waals surface area contributed by atoms with E-state index >= 15 is 0 Å². The van der Waals surface area contributed by atoms with Crippen molar-refractivity contribution < 1.29 is 92.2 Å². The van der Waals surface area contributed by atoms with Crippen molar-refractivity contribution in [2.45, 2.75) is 161 Å². The minimum absolute atomic E-state index is 0.0352. The first-order chi connectivity index (χ1) is 42.0. The number of aliphatic carboxylic acids is 2. The number of esters is 1. The van der Waals surface area contributed by atoms with Crippen LogP contribution in [0.5, 0.6) is 5.75 Å². The number of hydrogen-bond donors (Lipinski definition) is 10. The summed E-state index contributed by atoms with van der Waals surface area (Å²) in [6.07, 6.45) is -6.85. The number of amides is 7. The Balaban J connectivity index is 1.36.